The van der Waals surface area contributed by atoms with Crippen LogP contribution in [-0.4, -0.2) is 63.3 Å². The van der Waals surface area contributed by atoms with Crippen molar-refractivity contribution in [1.29, 1.82) is 0 Å². The molecule has 3 rings (SSSR count). The van der Waals surface area contributed by atoms with Crippen molar-refractivity contribution >= 4 is 27.6 Å². The number of furan rings is 1. The van der Waals surface area contributed by atoms with Gasteiger partial charge in [0, 0.05) is 43.5 Å². The van der Waals surface area contributed by atoms with E-state index in [4.69, 9.17) is 4.42 Å². The zero-order valence-electron chi connectivity index (χ0n) is 17.0. The topological polar surface area (TPSA) is 109 Å². The number of benzene rings is 1. The van der Waals surface area contributed by atoms with Crippen molar-refractivity contribution in [2.24, 2.45) is 0 Å². The van der Waals surface area contributed by atoms with Gasteiger partial charge in [-0.2, -0.15) is 4.31 Å². The predicted octanol–water partition coefficient (Wildman–Crippen LogP) is 1.92. The molecule has 162 valence electrons. The third kappa shape index (κ3) is 5.00. The summed E-state index contributed by atoms with van der Waals surface area (Å²) >= 11 is 0. The minimum absolute atomic E-state index is 0.0383. The molecule has 10 heteroatoms. The maximum absolute atomic E-state index is 13.1. The molecule has 0 radical (unpaired) electrons. The van der Waals surface area contributed by atoms with Gasteiger partial charge in [-0.3, -0.25) is 9.59 Å². The second-order valence-corrected chi connectivity index (χ2v) is 9.02. The van der Waals surface area contributed by atoms with Crippen LogP contribution in [0.2, 0.25) is 0 Å². The first kappa shape index (κ1) is 21.8. The fraction of sp³-hybridized carbons (Fsp3) is 0.400. The van der Waals surface area contributed by atoms with E-state index in [9.17, 15) is 18.0 Å². The van der Waals surface area contributed by atoms with Crippen molar-refractivity contribution in [2.45, 2.75) is 24.3 Å². The molecule has 2 heterocycles. The first-order chi connectivity index (χ1) is 14.3. The fourth-order valence-corrected chi connectivity index (χ4v) is 4.79. The summed E-state index contributed by atoms with van der Waals surface area (Å²) in [6.45, 7) is 1.08. The second-order valence-electron chi connectivity index (χ2n) is 7.08. The molecule has 1 saturated heterocycles. The summed E-state index contributed by atoms with van der Waals surface area (Å²) in [5.74, 6) is -1.05. The van der Waals surface area contributed by atoms with Crippen molar-refractivity contribution in [2.75, 3.05) is 39.1 Å². The largest absolute Gasteiger partial charge is 0.472 e. The van der Waals surface area contributed by atoms with E-state index in [0.29, 0.717) is 25.3 Å². The SMILES string of the molecule is COC(=O)CN(C)C(=O)c1cc(NCc2ccoc2)cc(S(=O)(=O)N2CCCC2)c1. The summed E-state index contributed by atoms with van der Waals surface area (Å²) in [4.78, 5) is 25.6. The molecule has 1 aromatic heterocycles. The van der Waals surface area contributed by atoms with Crippen LogP contribution < -0.4 is 5.32 Å². The van der Waals surface area contributed by atoms with Crippen molar-refractivity contribution in [3.05, 3.63) is 47.9 Å². The highest BCUT2D eigenvalue weighted by Crippen LogP contribution is 2.26. The van der Waals surface area contributed by atoms with Crippen molar-refractivity contribution < 1.29 is 27.2 Å². The van der Waals surface area contributed by atoms with Crippen LogP contribution in [0.25, 0.3) is 0 Å². The molecule has 1 fully saturated rings. The van der Waals surface area contributed by atoms with Gasteiger partial charge in [0.25, 0.3) is 5.91 Å². The first-order valence-corrected chi connectivity index (χ1v) is 11.0. The Bertz CT molecular complexity index is 998. The van der Waals surface area contributed by atoms with Crippen molar-refractivity contribution in [3.8, 4) is 0 Å². The summed E-state index contributed by atoms with van der Waals surface area (Å²) in [7, 11) is -1.03. The molecule has 1 N–H and O–H groups in total. The Morgan fingerprint density at radius 3 is 2.60 bits per heavy atom. The zero-order valence-corrected chi connectivity index (χ0v) is 17.8. The number of ether oxygens (including phenoxy) is 1. The molecule has 1 aliphatic heterocycles. The minimum Gasteiger partial charge on any atom is -0.472 e. The molecule has 0 atom stereocenters. The van der Waals surface area contributed by atoms with Gasteiger partial charge < -0.3 is 19.4 Å². The summed E-state index contributed by atoms with van der Waals surface area (Å²) in [6, 6.07) is 6.23. The normalized spacial score (nSPS) is 14.5. The fourth-order valence-electron chi connectivity index (χ4n) is 3.20. The van der Waals surface area contributed by atoms with E-state index < -0.39 is 21.9 Å². The van der Waals surface area contributed by atoms with Crippen LogP contribution in [-0.2, 0) is 26.1 Å². The highest BCUT2D eigenvalue weighted by Gasteiger charge is 2.29. The van der Waals surface area contributed by atoms with Crippen LogP contribution in [0.5, 0.6) is 0 Å². The average Bonchev–Trinajstić information content (AvgIpc) is 3.45. The number of carbonyl (C=O) groups excluding carboxylic acids is 2. The van der Waals surface area contributed by atoms with Gasteiger partial charge in [0.2, 0.25) is 10.0 Å². The van der Waals surface area contributed by atoms with Crippen LogP contribution in [0.15, 0.2) is 46.1 Å². The number of rotatable bonds is 8. The number of likely N-dealkylation sites (N-methyl/N-ethyl adjacent to an activating group) is 1. The molecular weight excluding hydrogens is 410 g/mol. The van der Waals surface area contributed by atoms with Crippen LogP contribution in [0.4, 0.5) is 5.69 Å². The second kappa shape index (κ2) is 9.31. The number of hydrogen-bond donors (Lipinski definition) is 1. The summed E-state index contributed by atoms with van der Waals surface area (Å²) in [6.07, 6.45) is 4.74. The molecule has 0 bridgehead atoms. The number of anilines is 1. The lowest BCUT2D eigenvalue weighted by atomic mass is 10.1. The smallest absolute Gasteiger partial charge is 0.325 e. The highest BCUT2D eigenvalue weighted by molar-refractivity contribution is 7.89. The third-order valence-electron chi connectivity index (χ3n) is 4.87. The molecule has 9 nitrogen and oxygen atoms in total. The predicted molar refractivity (Wildman–Crippen MR) is 109 cm³/mol. The number of carbonyl (C=O) groups is 2. The molecule has 0 aliphatic carbocycles. The van der Waals surface area contributed by atoms with Gasteiger partial charge in [0.1, 0.15) is 6.54 Å². The summed E-state index contributed by atoms with van der Waals surface area (Å²) in [5, 5.41) is 3.13. The highest BCUT2D eigenvalue weighted by atomic mass is 32.2. The van der Waals surface area contributed by atoms with E-state index in [1.165, 1.54) is 35.5 Å². The number of sulfonamides is 1. The van der Waals surface area contributed by atoms with E-state index in [2.05, 4.69) is 10.1 Å². The Balaban J connectivity index is 1.92. The number of esters is 1. The van der Waals surface area contributed by atoms with Gasteiger partial charge in [-0.1, -0.05) is 0 Å². The molecular formula is C20H25N3O6S. The van der Waals surface area contributed by atoms with Gasteiger partial charge in [-0.25, -0.2) is 8.42 Å². The van der Waals surface area contributed by atoms with E-state index in [0.717, 1.165) is 18.4 Å². The summed E-state index contributed by atoms with van der Waals surface area (Å²) in [5.41, 5.74) is 1.51. The molecule has 30 heavy (non-hydrogen) atoms. The Kier molecular flexibility index (Phi) is 6.78. The lowest BCUT2D eigenvalue weighted by Crippen LogP contribution is -2.33. The van der Waals surface area contributed by atoms with E-state index >= 15 is 0 Å². The molecule has 1 aliphatic rings. The Labute approximate surface area is 175 Å². The van der Waals surface area contributed by atoms with Gasteiger partial charge in [-0.15, -0.1) is 0 Å². The van der Waals surface area contributed by atoms with Crippen molar-refractivity contribution in [1.82, 2.24) is 9.21 Å². The molecule has 1 amide bonds. The van der Waals surface area contributed by atoms with Gasteiger partial charge in [0.15, 0.2) is 0 Å². The molecule has 2 aromatic rings. The number of nitrogens with one attached hydrogen (secondary N) is 1. The van der Waals surface area contributed by atoms with E-state index in [1.54, 1.807) is 24.7 Å². The van der Waals surface area contributed by atoms with Gasteiger partial charge in [0.05, 0.1) is 24.5 Å². The van der Waals surface area contributed by atoms with Gasteiger partial charge >= 0.3 is 5.97 Å². The Morgan fingerprint density at radius 2 is 1.97 bits per heavy atom. The standard InChI is InChI=1S/C20H25N3O6S/c1-22(13-19(24)28-2)20(25)16-9-17(21-12-15-5-8-29-14-15)11-18(10-16)30(26,27)23-6-3-4-7-23/h5,8-11,14,21H,3-4,6-7,12-13H2,1-2H3. The van der Waals surface area contributed by atoms with E-state index in [-0.39, 0.29) is 17.0 Å². The summed E-state index contributed by atoms with van der Waals surface area (Å²) < 4.78 is 37.2. The Hall–Kier alpha value is -2.85. The van der Waals surface area contributed by atoms with E-state index in [1.807, 2.05) is 0 Å². The average molecular weight is 436 g/mol. The number of methoxy groups -OCH3 is 1. The number of nitrogens with zero attached hydrogens (tertiary/aromatic N) is 2. The van der Waals surface area contributed by atoms with Crippen LogP contribution in [0, 0.1) is 0 Å². The maximum atomic E-state index is 13.1. The lowest BCUT2D eigenvalue weighted by Gasteiger charge is -2.20. The molecule has 0 spiro atoms. The zero-order chi connectivity index (χ0) is 21.7. The monoisotopic (exact) mass is 435 g/mol. The number of hydrogen-bond acceptors (Lipinski definition) is 7. The van der Waals surface area contributed by atoms with Crippen molar-refractivity contribution in [3.63, 3.8) is 0 Å². The van der Waals surface area contributed by atoms with Crippen LogP contribution in [0.3, 0.4) is 0 Å². The quantitative estimate of drug-likeness (QED) is 0.631. The maximum Gasteiger partial charge on any atom is 0.325 e. The Morgan fingerprint density at radius 1 is 1.23 bits per heavy atom. The molecule has 0 saturated carbocycles. The minimum atomic E-state index is -3.73. The third-order valence-corrected chi connectivity index (χ3v) is 6.75. The van der Waals surface area contributed by atoms with Crippen LogP contribution >= 0.6 is 0 Å². The lowest BCUT2D eigenvalue weighted by molar-refractivity contribution is -0.141. The van der Waals surface area contributed by atoms with Crippen LogP contribution in [0.1, 0.15) is 28.8 Å². The number of amides is 1. The van der Waals surface area contributed by atoms with Gasteiger partial charge in [-0.05, 0) is 37.1 Å². The molecule has 0 unspecified atom stereocenters. The molecule has 1 aromatic carbocycles. The first-order valence-electron chi connectivity index (χ1n) is 9.53.